The lowest BCUT2D eigenvalue weighted by Gasteiger charge is -2.31. The SMILES string of the molecule is C=C(C)C(=O)C(C=O)CN(c1ccccc1)c1nc(N(CC(C=O)C(=O)C(=C)C)c2ccccc2)nc(N(CC(C=O)C(=O)C(=C)C)c2ccccc2)n1. The molecule has 1 aromatic heterocycles. The van der Waals surface area contributed by atoms with Gasteiger partial charge in [-0.1, -0.05) is 74.3 Å². The van der Waals surface area contributed by atoms with E-state index >= 15 is 0 Å². The van der Waals surface area contributed by atoms with E-state index in [1.54, 1.807) is 106 Å². The van der Waals surface area contributed by atoms with Crippen molar-refractivity contribution in [3.05, 3.63) is 127 Å². The van der Waals surface area contributed by atoms with E-state index in [1.165, 1.54) is 20.8 Å². The smallest absolute Gasteiger partial charge is 0.236 e. The lowest BCUT2D eigenvalue weighted by atomic mass is 10.00. The second-order valence-electron chi connectivity index (χ2n) is 12.7. The quantitative estimate of drug-likeness (QED) is 0.0549. The minimum atomic E-state index is -1.16. The van der Waals surface area contributed by atoms with Gasteiger partial charge in [0.05, 0.1) is 17.8 Å². The summed E-state index contributed by atoms with van der Waals surface area (Å²) in [4.78, 5) is 96.1. The summed E-state index contributed by atoms with van der Waals surface area (Å²) in [6, 6.07) is 26.5. The van der Waals surface area contributed by atoms with Crippen molar-refractivity contribution in [2.75, 3.05) is 34.3 Å². The molecule has 0 aliphatic rings. The Morgan fingerprint density at radius 3 is 0.889 bits per heavy atom. The topological polar surface area (TPSA) is 151 Å². The van der Waals surface area contributed by atoms with E-state index in [2.05, 4.69) is 19.7 Å². The van der Waals surface area contributed by atoms with Crippen LogP contribution in [0.3, 0.4) is 0 Å². The van der Waals surface area contributed by atoms with Crippen LogP contribution in [-0.2, 0) is 28.8 Å². The van der Waals surface area contributed by atoms with Gasteiger partial charge in [0.25, 0.3) is 0 Å². The number of carbonyl (C=O) groups excluding carboxylic acids is 6. The highest BCUT2D eigenvalue weighted by Gasteiger charge is 2.31. The van der Waals surface area contributed by atoms with Gasteiger partial charge in [0, 0.05) is 36.7 Å². The van der Waals surface area contributed by atoms with Gasteiger partial charge in [0.2, 0.25) is 17.8 Å². The van der Waals surface area contributed by atoms with Crippen LogP contribution in [0.2, 0.25) is 0 Å². The first kappa shape index (κ1) is 40.1. The number of hydrogen-bond donors (Lipinski definition) is 0. The molecular formula is C42H42N6O6. The van der Waals surface area contributed by atoms with Crippen molar-refractivity contribution in [3.63, 3.8) is 0 Å². The van der Waals surface area contributed by atoms with Gasteiger partial charge in [0.15, 0.2) is 17.3 Å². The third kappa shape index (κ3) is 9.79. The number of ketones is 3. The van der Waals surface area contributed by atoms with E-state index in [4.69, 9.17) is 15.0 Å². The zero-order valence-corrected chi connectivity index (χ0v) is 30.5. The lowest BCUT2D eigenvalue weighted by Crippen LogP contribution is -2.36. The van der Waals surface area contributed by atoms with Gasteiger partial charge in [-0.25, -0.2) is 0 Å². The molecule has 54 heavy (non-hydrogen) atoms. The maximum absolute atomic E-state index is 13.2. The molecule has 3 atom stereocenters. The average Bonchev–Trinajstić information content (AvgIpc) is 3.19. The van der Waals surface area contributed by atoms with Crippen molar-refractivity contribution in [1.82, 2.24) is 15.0 Å². The number of benzene rings is 3. The van der Waals surface area contributed by atoms with Crippen LogP contribution in [0, 0.1) is 17.8 Å². The summed E-state index contributed by atoms with van der Waals surface area (Å²) < 4.78 is 0. The molecule has 3 aromatic carbocycles. The first-order chi connectivity index (χ1) is 25.9. The molecule has 3 unspecified atom stereocenters. The molecule has 1 heterocycles. The van der Waals surface area contributed by atoms with Crippen LogP contribution in [0.4, 0.5) is 34.9 Å². The fraction of sp³-hybridized carbons (Fsp3) is 0.214. The fourth-order valence-electron chi connectivity index (χ4n) is 5.54. The van der Waals surface area contributed by atoms with Gasteiger partial charge in [-0.05, 0) is 73.9 Å². The standard InChI is InChI=1S/C42H42N6O6/c1-28(2)37(52)31(25-49)22-46(34-16-10-7-11-17-34)40-43-41(47(35-18-12-8-13-19-35)23-32(26-50)38(53)29(3)4)45-42(44-40)48(36-20-14-9-15-21-36)24-33(27-51)39(54)30(5)6/h7-21,25-27,31-33H,1,3,5,22-24H2,2,4,6H3. The summed E-state index contributed by atoms with van der Waals surface area (Å²) in [5.41, 5.74) is 2.12. The van der Waals surface area contributed by atoms with Gasteiger partial charge < -0.3 is 29.1 Å². The molecule has 4 rings (SSSR count). The van der Waals surface area contributed by atoms with Crippen molar-refractivity contribution < 1.29 is 28.8 Å². The Labute approximate surface area is 314 Å². The highest BCUT2D eigenvalue weighted by atomic mass is 16.2. The number of aldehydes is 3. The molecule has 0 fully saturated rings. The minimum absolute atomic E-state index is 0.0211. The average molecular weight is 727 g/mol. The Morgan fingerprint density at radius 2 is 0.704 bits per heavy atom. The molecule has 4 aromatic rings. The van der Waals surface area contributed by atoms with Crippen LogP contribution < -0.4 is 14.7 Å². The maximum atomic E-state index is 13.2. The van der Waals surface area contributed by atoms with Crippen molar-refractivity contribution in [3.8, 4) is 0 Å². The lowest BCUT2D eigenvalue weighted by molar-refractivity contribution is -0.125. The Hall–Kier alpha value is -6.69. The molecule has 0 N–H and O–H groups in total. The van der Waals surface area contributed by atoms with E-state index in [0.29, 0.717) is 35.9 Å². The predicted molar refractivity (Wildman–Crippen MR) is 208 cm³/mol. The second-order valence-corrected chi connectivity index (χ2v) is 12.7. The molecule has 0 bridgehead atoms. The van der Waals surface area contributed by atoms with Gasteiger partial charge in [-0.15, -0.1) is 0 Å². The molecule has 276 valence electrons. The summed E-state index contributed by atoms with van der Waals surface area (Å²) in [6.07, 6.45) is 1.62. The highest BCUT2D eigenvalue weighted by molar-refractivity contribution is 6.06. The molecule has 12 nitrogen and oxygen atoms in total. The summed E-state index contributed by atoms with van der Waals surface area (Å²) in [7, 11) is 0. The number of anilines is 6. The molecule has 0 saturated heterocycles. The third-order valence-corrected chi connectivity index (χ3v) is 8.43. The number of aromatic nitrogens is 3. The summed E-state index contributed by atoms with van der Waals surface area (Å²) in [5, 5.41) is 0. The first-order valence-corrected chi connectivity index (χ1v) is 17.1. The molecule has 0 aliphatic heterocycles. The van der Waals surface area contributed by atoms with Gasteiger partial charge in [0.1, 0.15) is 18.9 Å². The first-order valence-electron chi connectivity index (χ1n) is 17.1. The Bertz CT molecular complexity index is 1790. The Balaban J connectivity index is 2.08. The van der Waals surface area contributed by atoms with Crippen molar-refractivity contribution in [2.24, 2.45) is 17.8 Å². The second kappa shape index (κ2) is 18.7. The summed E-state index contributed by atoms with van der Waals surface area (Å²) in [6.45, 7) is 15.2. The van der Waals surface area contributed by atoms with E-state index in [0.717, 1.165) is 0 Å². The van der Waals surface area contributed by atoms with Gasteiger partial charge >= 0.3 is 0 Å². The van der Waals surface area contributed by atoms with Crippen LogP contribution in [0.25, 0.3) is 0 Å². The van der Waals surface area contributed by atoms with Crippen LogP contribution in [0.1, 0.15) is 20.8 Å². The molecule has 0 saturated carbocycles. The van der Waals surface area contributed by atoms with Crippen LogP contribution >= 0.6 is 0 Å². The maximum Gasteiger partial charge on any atom is 0.236 e. The normalized spacial score (nSPS) is 12.3. The van der Waals surface area contributed by atoms with E-state index in [1.807, 2.05) is 0 Å². The predicted octanol–water partition coefficient (Wildman–Crippen LogP) is 6.17. The van der Waals surface area contributed by atoms with Gasteiger partial charge in [-0.3, -0.25) is 14.4 Å². The molecule has 0 spiro atoms. The van der Waals surface area contributed by atoms with Crippen LogP contribution in [-0.4, -0.2) is 70.8 Å². The molecular weight excluding hydrogens is 684 g/mol. The van der Waals surface area contributed by atoms with Crippen molar-refractivity contribution in [1.29, 1.82) is 0 Å². The third-order valence-electron chi connectivity index (χ3n) is 8.43. The summed E-state index contributed by atoms with van der Waals surface area (Å²) >= 11 is 0. The number of allylic oxidation sites excluding steroid dienone is 3. The monoisotopic (exact) mass is 726 g/mol. The van der Waals surface area contributed by atoms with Crippen molar-refractivity contribution in [2.45, 2.75) is 20.8 Å². The minimum Gasteiger partial charge on any atom is -0.309 e. The van der Waals surface area contributed by atoms with Gasteiger partial charge in [-0.2, -0.15) is 15.0 Å². The number of rotatable bonds is 21. The highest BCUT2D eigenvalue weighted by Crippen LogP contribution is 2.33. The number of para-hydroxylation sites is 3. The molecule has 0 aliphatic carbocycles. The number of nitrogens with zero attached hydrogens (tertiary/aromatic N) is 6. The van der Waals surface area contributed by atoms with E-state index in [-0.39, 0.29) is 54.2 Å². The number of carbonyl (C=O) groups is 6. The summed E-state index contributed by atoms with van der Waals surface area (Å²) in [5.74, 6) is -4.98. The number of hydrogen-bond acceptors (Lipinski definition) is 12. The van der Waals surface area contributed by atoms with Crippen LogP contribution in [0.15, 0.2) is 127 Å². The largest absolute Gasteiger partial charge is 0.309 e. The number of Topliss-reactive ketones (excluding diaryl/α,β-unsaturated/α-hetero) is 3. The molecule has 12 heteroatoms. The zero-order valence-electron chi connectivity index (χ0n) is 30.5. The van der Waals surface area contributed by atoms with E-state index < -0.39 is 35.1 Å². The van der Waals surface area contributed by atoms with Crippen molar-refractivity contribution >= 4 is 71.1 Å². The van der Waals surface area contributed by atoms with E-state index in [9.17, 15) is 28.8 Å². The van der Waals surface area contributed by atoms with Crippen LogP contribution in [0.5, 0.6) is 0 Å². The zero-order chi connectivity index (χ0) is 39.4. The Morgan fingerprint density at radius 1 is 0.481 bits per heavy atom. The Kier molecular flexibility index (Phi) is 13.9. The fourth-order valence-corrected chi connectivity index (χ4v) is 5.54. The molecule has 0 amide bonds. The molecule has 0 radical (unpaired) electrons.